The van der Waals surface area contributed by atoms with Crippen molar-refractivity contribution in [1.82, 2.24) is 15.5 Å². The second kappa shape index (κ2) is 7.89. The SMILES string of the molecule is CN(CC(=O)NCCc1ccc(F)cc1)CC(=O)NC1CC1. The van der Waals surface area contributed by atoms with E-state index in [4.69, 9.17) is 0 Å². The molecule has 0 aromatic heterocycles. The fraction of sp³-hybridized carbons (Fsp3) is 0.500. The lowest BCUT2D eigenvalue weighted by Crippen LogP contribution is -2.41. The van der Waals surface area contributed by atoms with Crippen molar-refractivity contribution in [2.24, 2.45) is 0 Å². The molecule has 0 saturated heterocycles. The van der Waals surface area contributed by atoms with E-state index in [-0.39, 0.29) is 30.7 Å². The van der Waals surface area contributed by atoms with E-state index < -0.39 is 0 Å². The van der Waals surface area contributed by atoms with E-state index >= 15 is 0 Å². The maximum absolute atomic E-state index is 12.8. The molecule has 6 heteroatoms. The molecule has 0 unspecified atom stereocenters. The molecule has 1 aromatic rings. The van der Waals surface area contributed by atoms with E-state index in [9.17, 15) is 14.0 Å². The number of benzene rings is 1. The highest BCUT2D eigenvalue weighted by Crippen LogP contribution is 2.18. The Hall–Kier alpha value is -1.95. The van der Waals surface area contributed by atoms with Gasteiger partial charge in [0.15, 0.2) is 0 Å². The predicted octanol–water partition coefficient (Wildman–Crippen LogP) is 0.695. The van der Waals surface area contributed by atoms with Crippen molar-refractivity contribution in [3.8, 4) is 0 Å². The highest BCUT2D eigenvalue weighted by molar-refractivity contribution is 5.81. The summed E-state index contributed by atoms with van der Waals surface area (Å²) in [5.74, 6) is -0.424. The van der Waals surface area contributed by atoms with Crippen molar-refractivity contribution in [1.29, 1.82) is 0 Å². The monoisotopic (exact) mass is 307 g/mol. The molecule has 0 atom stereocenters. The van der Waals surface area contributed by atoms with Crippen molar-refractivity contribution in [2.75, 3.05) is 26.7 Å². The van der Waals surface area contributed by atoms with Crippen LogP contribution < -0.4 is 10.6 Å². The van der Waals surface area contributed by atoms with Gasteiger partial charge in [0.25, 0.3) is 0 Å². The highest BCUT2D eigenvalue weighted by atomic mass is 19.1. The average molecular weight is 307 g/mol. The van der Waals surface area contributed by atoms with Gasteiger partial charge in [0, 0.05) is 12.6 Å². The van der Waals surface area contributed by atoms with E-state index in [1.54, 1.807) is 24.1 Å². The quantitative estimate of drug-likeness (QED) is 0.743. The van der Waals surface area contributed by atoms with Gasteiger partial charge in [-0.05, 0) is 44.0 Å². The first-order valence-electron chi connectivity index (χ1n) is 7.52. The summed E-state index contributed by atoms with van der Waals surface area (Å²) in [7, 11) is 1.74. The van der Waals surface area contributed by atoms with Crippen LogP contribution in [-0.4, -0.2) is 49.4 Å². The molecule has 5 nitrogen and oxygen atoms in total. The first-order chi connectivity index (χ1) is 10.5. The number of carbonyl (C=O) groups is 2. The van der Waals surface area contributed by atoms with Crippen LogP contribution in [0.5, 0.6) is 0 Å². The summed E-state index contributed by atoms with van der Waals surface area (Å²) in [6.07, 6.45) is 2.76. The number of hydrogen-bond acceptors (Lipinski definition) is 3. The van der Waals surface area contributed by atoms with Crippen LogP contribution in [0.2, 0.25) is 0 Å². The number of amides is 2. The Bertz CT molecular complexity index is 515. The zero-order chi connectivity index (χ0) is 15.9. The van der Waals surface area contributed by atoms with Crippen LogP contribution in [0, 0.1) is 5.82 Å². The van der Waals surface area contributed by atoms with E-state index in [1.165, 1.54) is 12.1 Å². The number of hydrogen-bond donors (Lipinski definition) is 2. The molecule has 0 aliphatic heterocycles. The van der Waals surface area contributed by atoms with E-state index in [0.29, 0.717) is 19.0 Å². The average Bonchev–Trinajstić information content (AvgIpc) is 3.24. The van der Waals surface area contributed by atoms with E-state index in [1.807, 2.05) is 0 Å². The summed E-state index contributed by atoms with van der Waals surface area (Å²) >= 11 is 0. The van der Waals surface area contributed by atoms with E-state index in [2.05, 4.69) is 10.6 Å². The third-order valence-corrected chi connectivity index (χ3v) is 3.42. The molecule has 22 heavy (non-hydrogen) atoms. The minimum Gasteiger partial charge on any atom is -0.355 e. The van der Waals surface area contributed by atoms with Gasteiger partial charge in [0.05, 0.1) is 13.1 Å². The minimum atomic E-state index is -0.265. The maximum Gasteiger partial charge on any atom is 0.234 e. The van der Waals surface area contributed by atoms with Crippen LogP contribution in [0.3, 0.4) is 0 Å². The molecule has 0 spiro atoms. The number of nitrogens with one attached hydrogen (secondary N) is 2. The molecule has 2 amide bonds. The third-order valence-electron chi connectivity index (χ3n) is 3.42. The normalized spacial score (nSPS) is 14.0. The first kappa shape index (κ1) is 16.4. The molecule has 1 fully saturated rings. The predicted molar refractivity (Wildman–Crippen MR) is 81.8 cm³/mol. The van der Waals surface area contributed by atoms with Crippen LogP contribution >= 0.6 is 0 Å². The molecule has 0 heterocycles. The lowest BCUT2D eigenvalue weighted by atomic mass is 10.1. The Morgan fingerprint density at radius 1 is 1.18 bits per heavy atom. The third kappa shape index (κ3) is 6.22. The van der Waals surface area contributed by atoms with Crippen LogP contribution in [0.4, 0.5) is 4.39 Å². The molecule has 1 aromatic carbocycles. The van der Waals surface area contributed by atoms with Crippen LogP contribution in [-0.2, 0) is 16.0 Å². The molecule has 1 aliphatic carbocycles. The Morgan fingerprint density at radius 2 is 1.82 bits per heavy atom. The Morgan fingerprint density at radius 3 is 2.45 bits per heavy atom. The van der Waals surface area contributed by atoms with Crippen molar-refractivity contribution < 1.29 is 14.0 Å². The number of likely N-dealkylation sites (N-methyl/N-ethyl adjacent to an activating group) is 1. The molecular formula is C16H22FN3O2. The highest BCUT2D eigenvalue weighted by Gasteiger charge is 2.23. The number of nitrogens with zero attached hydrogens (tertiary/aromatic N) is 1. The first-order valence-corrected chi connectivity index (χ1v) is 7.52. The van der Waals surface area contributed by atoms with Crippen molar-refractivity contribution >= 4 is 11.8 Å². The summed E-state index contributed by atoms with van der Waals surface area (Å²) in [6.45, 7) is 0.899. The second-order valence-corrected chi connectivity index (χ2v) is 5.74. The van der Waals surface area contributed by atoms with Gasteiger partial charge in [-0.2, -0.15) is 0 Å². The zero-order valence-electron chi connectivity index (χ0n) is 12.8. The Labute approximate surface area is 129 Å². The molecule has 1 saturated carbocycles. The van der Waals surface area contributed by atoms with E-state index in [0.717, 1.165) is 18.4 Å². The van der Waals surface area contributed by atoms with Gasteiger partial charge in [-0.15, -0.1) is 0 Å². The summed E-state index contributed by atoms with van der Waals surface area (Å²) in [4.78, 5) is 25.1. The van der Waals surface area contributed by atoms with Crippen molar-refractivity contribution in [2.45, 2.75) is 25.3 Å². The van der Waals surface area contributed by atoms with Gasteiger partial charge >= 0.3 is 0 Å². The van der Waals surface area contributed by atoms with Crippen molar-refractivity contribution in [3.05, 3.63) is 35.6 Å². The molecule has 0 bridgehead atoms. The summed E-state index contributed by atoms with van der Waals surface area (Å²) in [6, 6.07) is 6.56. The summed E-state index contributed by atoms with van der Waals surface area (Å²) in [5.41, 5.74) is 0.971. The lowest BCUT2D eigenvalue weighted by molar-refractivity contribution is -0.124. The van der Waals surface area contributed by atoms with Gasteiger partial charge in [0.1, 0.15) is 5.82 Å². The molecule has 2 rings (SSSR count). The standard InChI is InChI=1S/C16H22FN3O2/c1-20(11-16(22)19-14-6-7-14)10-15(21)18-9-8-12-2-4-13(17)5-3-12/h2-5,14H,6-11H2,1H3,(H,18,21)(H,19,22). The second-order valence-electron chi connectivity index (χ2n) is 5.74. The fourth-order valence-corrected chi connectivity index (χ4v) is 2.10. The van der Waals surface area contributed by atoms with Crippen LogP contribution in [0.15, 0.2) is 24.3 Å². The minimum absolute atomic E-state index is 0.0379. The lowest BCUT2D eigenvalue weighted by Gasteiger charge is -2.15. The fourth-order valence-electron chi connectivity index (χ4n) is 2.10. The zero-order valence-corrected chi connectivity index (χ0v) is 12.8. The summed E-state index contributed by atoms with van der Waals surface area (Å²) in [5, 5.41) is 5.68. The maximum atomic E-state index is 12.8. The topological polar surface area (TPSA) is 61.4 Å². The Kier molecular flexibility index (Phi) is 5.89. The summed E-state index contributed by atoms with van der Waals surface area (Å²) < 4.78 is 12.8. The van der Waals surface area contributed by atoms with Gasteiger partial charge in [-0.3, -0.25) is 14.5 Å². The number of halogens is 1. The van der Waals surface area contributed by atoms with Gasteiger partial charge in [0.2, 0.25) is 11.8 Å². The largest absolute Gasteiger partial charge is 0.355 e. The molecule has 1 aliphatic rings. The smallest absolute Gasteiger partial charge is 0.234 e. The molecule has 0 radical (unpaired) electrons. The van der Waals surface area contributed by atoms with Crippen LogP contribution in [0.25, 0.3) is 0 Å². The van der Waals surface area contributed by atoms with Gasteiger partial charge in [-0.1, -0.05) is 12.1 Å². The molecule has 2 N–H and O–H groups in total. The van der Waals surface area contributed by atoms with Gasteiger partial charge in [-0.25, -0.2) is 4.39 Å². The Balaban J connectivity index is 1.60. The molecular weight excluding hydrogens is 285 g/mol. The molecule has 120 valence electrons. The number of rotatable bonds is 8. The number of carbonyl (C=O) groups excluding carboxylic acids is 2. The van der Waals surface area contributed by atoms with Crippen molar-refractivity contribution in [3.63, 3.8) is 0 Å². The van der Waals surface area contributed by atoms with Gasteiger partial charge < -0.3 is 10.6 Å². The van der Waals surface area contributed by atoms with Crippen LogP contribution in [0.1, 0.15) is 18.4 Å².